The average Bonchev–Trinajstić information content (AvgIpc) is 2.79. The molecule has 0 saturated heterocycles. The second-order valence-corrected chi connectivity index (χ2v) is 8.66. The van der Waals surface area contributed by atoms with Crippen LogP contribution in [0.25, 0.3) is 0 Å². The highest BCUT2D eigenvalue weighted by Gasteiger charge is 2.12. The van der Waals surface area contributed by atoms with Gasteiger partial charge in [0.1, 0.15) is 11.5 Å². The van der Waals surface area contributed by atoms with Crippen LogP contribution in [0.4, 0.5) is 0 Å². The summed E-state index contributed by atoms with van der Waals surface area (Å²) in [6.45, 7) is 0. The van der Waals surface area contributed by atoms with Gasteiger partial charge in [-0.1, -0.05) is 68.3 Å². The lowest BCUT2D eigenvalue weighted by Crippen LogP contribution is -2.02. The van der Waals surface area contributed by atoms with E-state index in [0.29, 0.717) is 33.8 Å². The van der Waals surface area contributed by atoms with E-state index in [4.69, 9.17) is 4.74 Å². The lowest BCUT2D eigenvalue weighted by atomic mass is 10.0. The van der Waals surface area contributed by atoms with Gasteiger partial charge in [-0.25, -0.2) is 0 Å². The lowest BCUT2D eigenvalue weighted by molar-refractivity contribution is 0.103. The topological polar surface area (TPSA) is 43.4 Å². The van der Waals surface area contributed by atoms with E-state index in [1.165, 1.54) is 0 Å². The summed E-state index contributed by atoms with van der Waals surface area (Å²) in [4.78, 5) is 25.4. The average molecular weight is 536 g/mol. The normalized spacial score (nSPS) is 10.5. The highest BCUT2D eigenvalue weighted by molar-refractivity contribution is 9.10. The van der Waals surface area contributed by atoms with E-state index in [-0.39, 0.29) is 11.6 Å². The van der Waals surface area contributed by atoms with Gasteiger partial charge < -0.3 is 4.74 Å². The Balaban J connectivity index is 1.50. The van der Waals surface area contributed by atoms with Gasteiger partial charge in [0.25, 0.3) is 0 Å². The second kappa shape index (κ2) is 9.41. The van der Waals surface area contributed by atoms with Crippen LogP contribution in [0.5, 0.6) is 11.5 Å². The number of rotatable bonds is 6. The molecule has 0 bridgehead atoms. The van der Waals surface area contributed by atoms with Crippen LogP contribution in [-0.2, 0) is 0 Å². The van der Waals surface area contributed by atoms with Crippen LogP contribution in [-0.4, -0.2) is 11.6 Å². The molecule has 0 aliphatic carbocycles. The number of carbonyl (C=O) groups excluding carboxylic acids is 2. The van der Waals surface area contributed by atoms with Crippen molar-refractivity contribution in [2.45, 2.75) is 0 Å². The first-order chi connectivity index (χ1) is 15.0. The van der Waals surface area contributed by atoms with Crippen LogP contribution < -0.4 is 4.74 Å². The van der Waals surface area contributed by atoms with Gasteiger partial charge in [0, 0.05) is 31.2 Å². The molecule has 0 amide bonds. The fraction of sp³-hybridized carbons (Fsp3) is 0. The Morgan fingerprint density at radius 1 is 0.516 bits per heavy atom. The molecule has 0 atom stereocenters. The van der Waals surface area contributed by atoms with Gasteiger partial charge in [-0.3, -0.25) is 9.59 Å². The standard InChI is InChI=1S/C26H16Br2O3/c27-21-7-1-4-18(14-21)25(29)17-10-12-23(13-11-17)31-24-9-3-6-20(16-24)26(30)19-5-2-8-22(28)15-19/h1-16H. The molecule has 0 N–H and O–H groups in total. The number of ether oxygens (including phenoxy) is 1. The molecule has 0 heterocycles. The number of carbonyl (C=O) groups is 2. The molecule has 0 aliphatic rings. The predicted molar refractivity (Wildman–Crippen MR) is 128 cm³/mol. The zero-order chi connectivity index (χ0) is 21.8. The van der Waals surface area contributed by atoms with E-state index in [1.54, 1.807) is 72.8 Å². The first kappa shape index (κ1) is 21.2. The van der Waals surface area contributed by atoms with E-state index in [2.05, 4.69) is 31.9 Å². The first-order valence-electron chi connectivity index (χ1n) is 9.48. The Labute approximate surface area is 197 Å². The molecule has 0 aromatic heterocycles. The Bertz CT molecular complexity index is 1260. The van der Waals surface area contributed by atoms with Gasteiger partial charge in [-0.15, -0.1) is 0 Å². The van der Waals surface area contributed by atoms with Crippen molar-refractivity contribution < 1.29 is 14.3 Å². The Morgan fingerprint density at radius 2 is 1.00 bits per heavy atom. The van der Waals surface area contributed by atoms with Crippen molar-refractivity contribution in [1.29, 1.82) is 0 Å². The fourth-order valence-electron chi connectivity index (χ4n) is 3.10. The highest BCUT2D eigenvalue weighted by atomic mass is 79.9. The van der Waals surface area contributed by atoms with Gasteiger partial charge in [0.15, 0.2) is 11.6 Å². The molecule has 0 fully saturated rings. The van der Waals surface area contributed by atoms with E-state index < -0.39 is 0 Å². The Kier molecular flexibility index (Phi) is 6.44. The van der Waals surface area contributed by atoms with E-state index in [1.807, 2.05) is 24.3 Å². The number of benzene rings is 4. The van der Waals surface area contributed by atoms with Crippen LogP contribution in [0.15, 0.2) is 106 Å². The van der Waals surface area contributed by atoms with Gasteiger partial charge in [-0.2, -0.15) is 0 Å². The van der Waals surface area contributed by atoms with Crippen molar-refractivity contribution >= 4 is 43.4 Å². The third-order valence-electron chi connectivity index (χ3n) is 4.62. The first-order valence-corrected chi connectivity index (χ1v) is 11.1. The summed E-state index contributed by atoms with van der Waals surface area (Å²) in [5.41, 5.74) is 2.32. The molecule has 0 saturated carbocycles. The molecule has 4 rings (SSSR count). The summed E-state index contributed by atoms with van der Waals surface area (Å²) in [5.74, 6) is 0.987. The maximum Gasteiger partial charge on any atom is 0.193 e. The minimum absolute atomic E-state index is 0.0607. The van der Waals surface area contributed by atoms with Gasteiger partial charge >= 0.3 is 0 Å². The van der Waals surface area contributed by atoms with Crippen LogP contribution in [0.2, 0.25) is 0 Å². The minimum Gasteiger partial charge on any atom is -0.457 e. The summed E-state index contributed by atoms with van der Waals surface area (Å²) in [6.07, 6.45) is 0. The van der Waals surface area contributed by atoms with Gasteiger partial charge in [0.2, 0.25) is 0 Å². The SMILES string of the molecule is O=C(c1ccc(Oc2cccc(C(=O)c3cccc(Br)c3)c2)cc1)c1cccc(Br)c1. The quantitative estimate of drug-likeness (QED) is 0.240. The summed E-state index contributed by atoms with van der Waals surface area (Å²) in [6, 6.07) is 28.6. The van der Waals surface area contributed by atoms with Gasteiger partial charge in [0.05, 0.1) is 0 Å². The monoisotopic (exact) mass is 534 g/mol. The second-order valence-electron chi connectivity index (χ2n) is 6.83. The molecule has 152 valence electrons. The largest absolute Gasteiger partial charge is 0.457 e. The zero-order valence-electron chi connectivity index (χ0n) is 16.2. The zero-order valence-corrected chi connectivity index (χ0v) is 19.4. The van der Waals surface area contributed by atoms with Crippen molar-refractivity contribution in [2.75, 3.05) is 0 Å². The van der Waals surface area contributed by atoms with Crippen LogP contribution >= 0.6 is 31.9 Å². The third kappa shape index (κ3) is 5.19. The van der Waals surface area contributed by atoms with Crippen LogP contribution in [0, 0.1) is 0 Å². The van der Waals surface area contributed by atoms with Crippen molar-refractivity contribution in [2.24, 2.45) is 0 Å². The number of halogens is 2. The highest BCUT2D eigenvalue weighted by Crippen LogP contribution is 2.25. The summed E-state index contributed by atoms with van der Waals surface area (Å²) < 4.78 is 7.62. The molecule has 0 radical (unpaired) electrons. The van der Waals surface area contributed by atoms with Gasteiger partial charge in [-0.05, 0) is 60.7 Å². The minimum atomic E-state index is -0.0817. The molecular formula is C26H16Br2O3. The Morgan fingerprint density at radius 3 is 1.55 bits per heavy atom. The summed E-state index contributed by atoms with van der Waals surface area (Å²) in [7, 11) is 0. The molecule has 31 heavy (non-hydrogen) atoms. The molecular weight excluding hydrogens is 520 g/mol. The molecule has 4 aromatic rings. The van der Waals surface area contributed by atoms with E-state index in [0.717, 1.165) is 8.95 Å². The fourth-order valence-corrected chi connectivity index (χ4v) is 3.90. The van der Waals surface area contributed by atoms with Crippen molar-refractivity contribution in [3.63, 3.8) is 0 Å². The molecule has 4 aromatic carbocycles. The predicted octanol–water partition coefficient (Wildman–Crippen LogP) is 7.47. The van der Waals surface area contributed by atoms with Crippen molar-refractivity contribution in [3.8, 4) is 11.5 Å². The smallest absolute Gasteiger partial charge is 0.193 e. The molecule has 0 unspecified atom stereocenters. The number of ketones is 2. The van der Waals surface area contributed by atoms with Crippen molar-refractivity contribution in [3.05, 3.63) is 128 Å². The maximum atomic E-state index is 12.8. The molecule has 3 nitrogen and oxygen atoms in total. The molecule has 5 heteroatoms. The number of hydrogen-bond acceptors (Lipinski definition) is 3. The van der Waals surface area contributed by atoms with E-state index >= 15 is 0 Å². The third-order valence-corrected chi connectivity index (χ3v) is 5.61. The summed E-state index contributed by atoms with van der Waals surface area (Å²) >= 11 is 6.78. The molecule has 0 aliphatic heterocycles. The van der Waals surface area contributed by atoms with E-state index in [9.17, 15) is 9.59 Å². The van der Waals surface area contributed by atoms with Crippen LogP contribution in [0.3, 0.4) is 0 Å². The van der Waals surface area contributed by atoms with Crippen LogP contribution in [0.1, 0.15) is 31.8 Å². The maximum absolute atomic E-state index is 12.8. The number of hydrogen-bond donors (Lipinski definition) is 0. The summed E-state index contributed by atoms with van der Waals surface area (Å²) in [5, 5.41) is 0. The molecule has 0 spiro atoms. The van der Waals surface area contributed by atoms with Crippen molar-refractivity contribution in [1.82, 2.24) is 0 Å². The lowest BCUT2D eigenvalue weighted by Gasteiger charge is -2.09. The Hall–Kier alpha value is -3.02.